The first-order chi connectivity index (χ1) is 13.7. The van der Waals surface area contributed by atoms with Crippen LogP contribution in [-0.2, 0) is 19.6 Å². The second-order valence-corrected chi connectivity index (χ2v) is 8.44. The Morgan fingerprint density at radius 3 is 2.48 bits per heavy atom. The summed E-state index contributed by atoms with van der Waals surface area (Å²) in [5, 5.41) is 2.57. The van der Waals surface area contributed by atoms with E-state index >= 15 is 0 Å². The first-order valence-electron chi connectivity index (χ1n) is 8.58. The van der Waals surface area contributed by atoms with Crippen LogP contribution in [0.3, 0.4) is 0 Å². The SMILES string of the molecule is CCN(CC)S(=O)(=O)c1cccc(NC(=O)COC(=O)c2nc(Cl)ccc2Cl)c1. The molecule has 1 N–H and O–H groups in total. The summed E-state index contributed by atoms with van der Waals surface area (Å²) in [6, 6.07) is 8.60. The molecule has 1 amide bonds. The Balaban J connectivity index is 2.04. The van der Waals surface area contributed by atoms with Crippen molar-refractivity contribution in [3.05, 3.63) is 52.3 Å². The van der Waals surface area contributed by atoms with Crippen molar-refractivity contribution in [2.45, 2.75) is 18.7 Å². The summed E-state index contributed by atoms with van der Waals surface area (Å²) >= 11 is 11.6. The number of carbonyl (C=O) groups excluding carboxylic acids is 2. The number of anilines is 1. The number of ether oxygens (including phenoxy) is 1. The molecule has 1 heterocycles. The average molecular weight is 460 g/mol. The molecule has 0 radical (unpaired) electrons. The largest absolute Gasteiger partial charge is 0.451 e. The lowest BCUT2D eigenvalue weighted by molar-refractivity contribution is -0.119. The zero-order chi connectivity index (χ0) is 21.6. The van der Waals surface area contributed by atoms with E-state index in [1.165, 1.54) is 40.7 Å². The third-order valence-corrected chi connectivity index (χ3v) is 6.36. The van der Waals surface area contributed by atoms with E-state index in [0.29, 0.717) is 13.1 Å². The summed E-state index contributed by atoms with van der Waals surface area (Å²) in [6.07, 6.45) is 0. The van der Waals surface area contributed by atoms with Crippen LogP contribution < -0.4 is 5.32 Å². The molecule has 2 aromatic rings. The highest BCUT2D eigenvalue weighted by Gasteiger charge is 2.22. The average Bonchev–Trinajstić information content (AvgIpc) is 2.69. The minimum absolute atomic E-state index is 0.0362. The van der Waals surface area contributed by atoms with Gasteiger partial charge in [-0.05, 0) is 30.3 Å². The molecule has 0 aliphatic heterocycles. The van der Waals surface area contributed by atoms with Crippen molar-refractivity contribution in [3.63, 3.8) is 0 Å². The fraction of sp³-hybridized carbons (Fsp3) is 0.278. The second kappa shape index (κ2) is 10.0. The zero-order valence-electron chi connectivity index (χ0n) is 15.7. The van der Waals surface area contributed by atoms with Crippen LogP contribution in [0.15, 0.2) is 41.3 Å². The van der Waals surface area contributed by atoms with E-state index in [4.69, 9.17) is 27.9 Å². The van der Waals surface area contributed by atoms with Gasteiger partial charge in [-0.1, -0.05) is 43.1 Å². The topological polar surface area (TPSA) is 106 Å². The minimum atomic E-state index is -3.67. The Bertz CT molecular complexity index is 1010. The van der Waals surface area contributed by atoms with Crippen LogP contribution in [0.5, 0.6) is 0 Å². The van der Waals surface area contributed by atoms with Gasteiger partial charge in [0.2, 0.25) is 10.0 Å². The molecule has 11 heteroatoms. The smallest absolute Gasteiger partial charge is 0.359 e. The molecule has 156 valence electrons. The highest BCUT2D eigenvalue weighted by Crippen LogP contribution is 2.20. The number of rotatable bonds is 8. The quantitative estimate of drug-likeness (QED) is 0.479. The predicted molar refractivity (Wildman–Crippen MR) is 110 cm³/mol. The van der Waals surface area contributed by atoms with Crippen LogP contribution in [0.25, 0.3) is 0 Å². The molecule has 0 atom stereocenters. The molecule has 0 spiro atoms. The number of aromatic nitrogens is 1. The van der Waals surface area contributed by atoms with E-state index in [-0.39, 0.29) is 26.5 Å². The molecule has 0 aliphatic rings. The summed E-state index contributed by atoms with van der Waals surface area (Å²) in [4.78, 5) is 27.9. The van der Waals surface area contributed by atoms with Crippen molar-refractivity contribution in [2.24, 2.45) is 0 Å². The highest BCUT2D eigenvalue weighted by atomic mass is 35.5. The molecule has 2 rings (SSSR count). The van der Waals surface area contributed by atoms with E-state index in [1.807, 2.05) is 0 Å². The number of amides is 1. The van der Waals surface area contributed by atoms with Gasteiger partial charge in [-0.15, -0.1) is 0 Å². The van der Waals surface area contributed by atoms with Crippen molar-refractivity contribution in [2.75, 3.05) is 25.0 Å². The fourth-order valence-electron chi connectivity index (χ4n) is 2.40. The van der Waals surface area contributed by atoms with Crippen molar-refractivity contribution in [1.82, 2.24) is 9.29 Å². The Kier molecular flexibility index (Phi) is 7.97. The molecule has 0 saturated carbocycles. The standard InChI is InChI=1S/C18H19Cl2N3O5S/c1-3-23(4-2)29(26,27)13-7-5-6-12(10-13)21-16(24)11-28-18(25)17-14(19)8-9-15(20)22-17/h5-10H,3-4,11H2,1-2H3,(H,21,24). The number of sulfonamides is 1. The number of hydrogen-bond acceptors (Lipinski definition) is 6. The molecule has 0 bridgehead atoms. The lowest BCUT2D eigenvalue weighted by atomic mass is 10.3. The molecule has 0 aliphatic carbocycles. The van der Waals surface area contributed by atoms with Crippen molar-refractivity contribution in [1.29, 1.82) is 0 Å². The van der Waals surface area contributed by atoms with Crippen molar-refractivity contribution >= 4 is 50.8 Å². The third-order valence-electron chi connectivity index (χ3n) is 3.80. The Morgan fingerprint density at radius 2 is 1.83 bits per heavy atom. The number of nitrogens with zero attached hydrogens (tertiary/aromatic N) is 2. The van der Waals surface area contributed by atoms with Gasteiger partial charge in [-0.25, -0.2) is 18.2 Å². The van der Waals surface area contributed by atoms with Crippen LogP contribution in [0, 0.1) is 0 Å². The van der Waals surface area contributed by atoms with Gasteiger partial charge >= 0.3 is 5.97 Å². The molecule has 8 nitrogen and oxygen atoms in total. The van der Waals surface area contributed by atoms with Gasteiger partial charge in [0.25, 0.3) is 5.91 Å². The van der Waals surface area contributed by atoms with Crippen LogP contribution in [0.4, 0.5) is 5.69 Å². The van der Waals surface area contributed by atoms with Crippen LogP contribution in [-0.4, -0.2) is 49.3 Å². The fourth-order valence-corrected chi connectivity index (χ4v) is 4.24. The highest BCUT2D eigenvalue weighted by molar-refractivity contribution is 7.89. The summed E-state index contributed by atoms with van der Waals surface area (Å²) in [5.74, 6) is -1.57. The lowest BCUT2D eigenvalue weighted by Crippen LogP contribution is -2.30. The van der Waals surface area contributed by atoms with Crippen LogP contribution >= 0.6 is 23.2 Å². The predicted octanol–water partition coefficient (Wildman–Crippen LogP) is 3.21. The van der Waals surface area contributed by atoms with Crippen molar-refractivity contribution in [3.8, 4) is 0 Å². The maximum absolute atomic E-state index is 12.6. The van der Waals surface area contributed by atoms with Gasteiger partial charge in [0.1, 0.15) is 5.15 Å². The van der Waals surface area contributed by atoms with E-state index in [9.17, 15) is 18.0 Å². The minimum Gasteiger partial charge on any atom is -0.451 e. The number of esters is 1. The Hall–Kier alpha value is -2.20. The number of carbonyl (C=O) groups is 2. The Labute approximate surface area is 178 Å². The number of nitrogens with one attached hydrogen (secondary N) is 1. The summed E-state index contributed by atoms with van der Waals surface area (Å²) in [5.41, 5.74) is 0.0393. The van der Waals surface area contributed by atoms with Gasteiger partial charge in [0.15, 0.2) is 12.3 Å². The first kappa shape index (κ1) is 23.1. The van der Waals surface area contributed by atoms with E-state index in [0.717, 1.165) is 0 Å². The van der Waals surface area contributed by atoms with Crippen LogP contribution in [0.1, 0.15) is 24.3 Å². The third kappa shape index (κ3) is 5.89. The van der Waals surface area contributed by atoms with Gasteiger partial charge in [-0.2, -0.15) is 4.31 Å². The Morgan fingerprint density at radius 1 is 1.14 bits per heavy atom. The molecule has 0 saturated heterocycles. The van der Waals surface area contributed by atoms with Crippen molar-refractivity contribution < 1.29 is 22.7 Å². The lowest BCUT2D eigenvalue weighted by Gasteiger charge is -2.18. The molecular formula is C18H19Cl2N3O5S. The normalized spacial score (nSPS) is 11.3. The summed E-state index contributed by atoms with van der Waals surface area (Å²) in [6.45, 7) is 3.51. The number of benzene rings is 1. The second-order valence-electron chi connectivity index (χ2n) is 5.71. The number of pyridine rings is 1. The molecular weight excluding hydrogens is 441 g/mol. The molecule has 0 fully saturated rings. The van der Waals surface area contributed by atoms with Gasteiger partial charge in [0.05, 0.1) is 9.92 Å². The maximum Gasteiger partial charge on any atom is 0.359 e. The summed E-state index contributed by atoms with van der Waals surface area (Å²) < 4.78 is 31.3. The molecule has 0 unspecified atom stereocenters. The van der Waals surface area contributed by atoms with E-state index < -0.39 is 28.5 Å². The van der Waals surface area contributed by atoms with Crippen LogP contribution in [0.2, 0.25) is 10.2 Å². The molecule has 1 aromatic heterocycles. The van der Waals surface area contributed by atoms with E-state index in [1.54, 1.807) is 13.8 Å². The van der Waals surface area contributed by atoms with Gasteiger partial charge in [0, 0.05) is 18.8 Å². The van der Waals surface area contributed by atoms with E-state index in [2.05, 4.69) is 10.3 Å². The number of halogens is 2. The molecule has 1 aromatic carbocycles. The monoisotopic (exact) mass is 459 g/mol. The van der Waals surface area contributed by atoms with Gasteiger partial charge < -0.3 is 10.1 Å². The number of hydrogen-bond donors (Lipinski definition) is 1. The molecule has 29 heavy (non-hydrogen) atoms. The zero-order valence-corrected chi connectivity index (χ0v) is 18.0. The maximum atomic E-state index is 12.6. The first-order valence-corrected chi connectivity index (χ1v) is 10.8. The van der Waals surface area contributed by atoms with Gasteiger partial charge in [-0.3, -0.25) is 4.79 Å². The summed E-state index contributed by atoms with van der Waals surface area (Å²) in [7, 11) is -3.67.